The molecule has 0 saturated heterocycles. The van der Waals surface area contributed by atoms with E-state index in [1.807, 2.05) is 24.7 Å². The standard InChI is InChI=1S/2C3H9NO.H2O4S/c2*1-4-2-3-5;1-5(2,3)4/h2*4-5H,2-3H2,1H3;(H2,1,2,3,4). The molecule has 0 unspecified atom stereocenters. The van der Waals surface area contributed by atoms with Gasteiger partial charge in [-0.3, -0.25) is 8.42 Å². The third kappa shape index (κ3) is 137. The van der Waals surface area contributed by atoms with Gasteiger partial charge in [-0.2, -0.15) is 0 Å². The lowest BCUT2D eigenvalue weighted by Crippen LogP contribution is -2.80. The van der Waals surface area contributed by atoms with E-state index in [1.54, 1.807) is 0 Å². The van der Waals surface area contributed by atoms with Gasteiger partial charge in [-0.1, -0.05) is 0 Å². The summed E-state index contributed by atoms with van der Waals surface area (Å²) in [4.78, 5) is 0. The van der Waals surface area contributed by atoms with Crippen LogP contribution in [-0.2, 0) is 10.4 Å². The zero-order chi connectivity index (χ0) is 12.7. The van der Waals surface area contributed by atoms with Crippen molar-refractivity contribution in [2.45, 2.75) is 0 Å². The molecular formula is C6H20N2O6S. The molecule has 0 saturated carbocycles. The van der Waals surface area contributed by atoms with E-state index in [4.69, 9.17) is 27.7 Å². The molecular weight excluding hydrogens is 228 g/mol. The summed E-state index contributed by atoms with van der Waals surface area (Å²) >= 11 is 0. The molecule has 8 nitrogen and oxygen atoms in total. The van der Waals surface area contributed by atoms with Gasteiger partial charge < -0.3 is 30.0 Å². The van der Waals surface area contributed by atoms with E-state index in [9.17, 15) is 0 Å². The van der Waals surface area contributed by atoms with E-state index in [2.05, 4.69) is 0 Å². The molecule has 0 heterocycles. The van der Waals surface area contributed by atoms with Crippen molar-refractivity contribution in [3.63, 3.8) is 0 Å². The number of hydrogen-bond donors (Lipinski definition) is 4. The molecule has 0 aromatic heterocycles. The lowest BCUT2D eigenvalue weighted by Gasteiger charge is -2.06. The molecule has 9 heteroatoms. The van der Waals surface area contributed by atoms with Gasteiger partial charge in [0.15, 0.2) is 0 Å². The van der Waals surface area contributed by atoms with Gasteiger partial charge in [0.25, 0.3) is 0 Å². The molecule has 0 spiro atoms. The van der Waals surface area contributed by atoms with Crippen molar-refractivity contribution in [1.29, 1.82) is 0 Å². The maximum atomic E-state index is 8.52. The molecule has 0 bridgehead atoms. The molecule has 6 N–H and O–H groups in total. The quantitative estimate of drug-likeness (QED) is 0.288. The summed E-state index contributed by atoms with van der Waals surface area (Å²) in [6.07, 6.45) is 0. The molecule has 0 atom stereocenters. The summed E-state index contributed by atoms with van der Waals surface area (Å²) in [5.41, 5.74) is 0. The first-order valence-corrected chi connectivity index (χ1v) is 5.60. The Balaban J connectivity index is -0.000000144. The summed E-state index contributed by atoms with van der Waals surface area (Å²) in [7, 11) is -1.31. The van der Waals surface area contributed by atoms with E-state index in [1.165, 1.54) is 0 Å². The highest BCUT2D eigenvalue weighted by atomic mass is 32.3. The molecule has 0 aromatic carbocycles. The third-order valence-corrected chi connectivity index (χ3v) is 0.836. The minimum atomic E-state index is -5.17. The van der Waals surface area contributed by atoms with E-state index < -0.39 is 10.4 Å². The highest BCUT2D eigenvalue weighted by Crippen LogP contribution is 1.57. The van der Waals surface area contributed by atoms with Crippen LogP contribution in [0.1, 0.15) is 0 Å². The van der Waals surface area contributed by atoms with Crippen LogP contribution in [0.3, 0.4) is 0 Å². The Morgan fingerprint density at radius 3 is 1.20 bits per heavy atom. The van der Waals surface area contributed by atoms with Crippen LogP contribution >= 0.6 is 0 Å². The number of aliphatic hydroxyl groups excluding tert-OH is 2. The predicted octanol–water partition coefficient (Wildman–Crippen LogP) is -4.99. The van der Waals surface area contributed by atoms with Crippen LogP contribution in [0.5, 0.6) is 0 Å². The Labute approximate surface area is 89.9 Å². The Hall–Kier alpha value is -0.290. The minimum Gasteiger partial charge on any atom is -0.759 e. The van der Waals surface area contributed by atoms with Gasteiger partial charge in [-0.15, -0.1) is 0 Å². The van der Waals surface area contributed by atoms with Gasteiger partial charge >= 0.3 is 0 Å². The summed E-state index contributed by atoms with van der Waals surface area (Å²) in [6.45, 7) is 2.22. The maximum Gasteiger partial charge on any atom is 0.0988 e. The first-order valence-electron chi connectivity index (χ1n) is 4.27. The average molecular weight is 248 g/mol. The first kappa shape index (κ1) is 20.2. The first-order chi connectivity index (χ1) is 6.83. The van der Waals surface area contributed by atoms with Crippen LogP contribution in [0.25, 0.3) is 0 Å². The van der Waals surface area contributed by atoms with Crippen LogP contribution in [0.15, 0.2) is 0 Å². The largest absolute Gasteiger partial charge is 0.759 e. The van der Waals surface area contributed by atoms with Crippen LogP contribution in [0.4, 0.5) is 0 Å². The molecule has 0 aliphatic heterocycles. The molecule has 0 aliphatic carbocycles. The highest BCUT2D eigenvalue weighted by molar-refractivity contribution is 7.79. The number of nitrogens with two attached hydrogens (primary N) is 2. The van der Waals surface area contributed by atoms with Crippen molar-refractivity contribution in [2.24, 2.45) is 0 Å². The van der Waals surface area contributed by atoms with Crippen LogP contribution in [0, 0.1) is 0 Å². The van der Waals surface area contributed by atoms with Crippen molar-refractivity contribution >= 4 is 10.4 Å². The van der Waals surface area contributed by atoms with Gasteiger partial charge in [0.1, 0.15) is 0 Å². The van der Waals surface area contributed by atoms with Crippen molar-refractivity contribution < 1.29 is 38.4 Å². The van der Waals surface area contributed by atoms with Crippen molar-refractivity contribution in [3.05, 3.63) is 0 Å². The number of likely N-dealkylation sites (N-methyl/N-ethyl adjacent to an activating group) is 2. The number of aliphatic hydroxyl groups is 2. The molecule has 0 fully saturated rings. The fourth-order valence-corrected chi connectivity index (χ4v) is 0.258. The summed E-state index contributed by atoms with van der Waals surface area (Å²) in [5.74, 6) is 0. The normalized spacial score (nSPS) is 9.47. The minimum absolute atomic E-state index is 0.288. The second kappa shape index (κ2) is 16.2. The summed E-state index contributed by atoms with van der Waals surface area (Å²) in [5, 5.41) is 19.9. The average Bonchev–Trinajstić information content (AvgIpc) is 2.05. The van der Waals surface area contributed by atoms with Crippen molar-refractivity contribution in [3.8, 4) is 0 Å². The van der Waals surface area contributed by atoms with E-state index in [0.29, 0.717) is 0 Å². The molecule has 0 aliphatic rings. The SMILES string of the molecule is C[NH2+]CCO.C[NH2+]CCO.O=S(=O)([O-])[O-]. The Morgan fingerprint density at radius 1 is 1.00 bits per heavy atom. The van der Waals surface area contributed by atoms with Gasteiger partial charge in [0.05, 0.1) is 40.4 Å². The second-order valence-electron chi connectivity index (χ2n) is 2.25. The summed E-state index contributed by atoms with van der Waals surface area (Å²) in [6, 6.07) is 0. The topological polar surface area (TPSA) is 154 Å². The van der Waals surface area contributed by atoms with Gasteiger partial charge in [-0.05, 0) is 0 Å². The van der Waals surface area contributed by atoms with E-state index in [0.717, 1.165) is 13.1 Å². The van der Waals surface area contributed by atoms with E-state index in [-0.39, 0.29) is 13.2 Å². The Kier molecular flexibility index (Phi) is 21.7. The van der Waals surface area contributed by atoms with E-state index >= 15 is 0 Å². The zero-order valence-electron chi connectivity index (χ0n) is 8.92. The fourth-order valence-electron chi connectivity index (χ4n) is 0.258. The predicted molar refractivity (Wildman–Crippen MR) is 50.1 cm³/mol. The van der Waals surface area contributed by atoms with Crippen LogP contribution in [0.2, 0.25) is 0 Å². The Morgan fingerprint density at radius 2 is 1.20 bits per heavy atom. The lowest BCUT2D eigenvalue weighted by atomic mass is 10.7. The Bertz CT molecular complexity index is 166. The number of hydrogen-bond acceptors (Lipinski definition) is 6. The number of rotatable bonds is 4. The molecule has 0 rings (SSSR count). The monoisotopic (exact) mass is 248 g/mol. The number of quaternary nitrogens is 2. The van der Waals surface area contributed by atoms with Gasteiger partial charge in [-0.25, -0.2) is 0 Å². The molecule has 0 amide bonds. The summed E-state index contributed by atoms with van der Waals surface area (Å²) < 4.78 is 34.1. The van der Waals surface area contributed by atoms with Gasteiger partial charge in [0.2, 0.25) is 0 Å². The third-order valence-electron chi connectivity index (χ3n) is 0.836. The molecule has 0 radical (unpaired) electrons. The molecule has 0 aromatic rings. The fraction of sp³-hybridized carbons (Fsp3) is 1.00. The molecule has 15 heavy (non-hydrogen) atoms. The van der Waals surface area contributed by atoms with Gasteiger partial charge in [0, 0.05) is 10.4 Å². The zero-order valence-corrected chi connectivity index (χ0v) is 9.74. The highest BCUT2D eigenvalue weighted by Gasteiger charge is 1.70. The van der Waals surface area contributed by atoms with Crippen molar-refractivity contribution in [2.75, 3.05) is 40.4 Å². The lowest BCUT2D eigenvalue weighted by molar-refractivity contribution is -0.628. The second-order valence-corrected chi connectivity index (χ2v) is 3.07. The van der Waals surface area contributed by atoms with Crippen LogP contribution in [-0.4, -0.2) is 68.1 Å². The smallest absolute Gasteiger partial charge is 0.0988 e. The maximum absolute atomic E-state index is 8.52. The van der Waals surface area contributed by atoms with Crippen molar-refractivity contribution in [1.82, 2.24) is 0 Å². The van der Waals surface area contributed by atoms with Crippen LogP contribution < -0.4 is 10.6 Å². The molecule has 96 valence electrons.